The van der Waals surface area contributed by atoms with Gasteiger partial charge < -0.3 is 4.42 Å². The highest BCUT2D eigenvalue weighted by Crippen LogP contribution is 2.53. The van der Waals surface area contributed by atoms with Gasteiger partial charge in [0.2, 0.25) is 5.89 Å². The molecule has 0 atom stereocenters. The first-order chi connectivity index (χ1) is 15.0. The number of nitrogens with zero attached hydrogens (tertiary/aromatic N) is 5. The van der Waals surface area contributed by atoms with E-state index in [2.05, 4.69) is 20.2 Å². The van der Waals surface area contributed by atoms with Crippen molar-refractivity contribution in [3.8, 4) is 34.3 Å². The first-order valence-electron chi connectivity index (χ1n) is 9.89. The molecule has 8 nitrogen and oxygen atoms in total. The maximum atomic E-state index is 10.5. The van der Waals surface area contributed by atoms with Gasteiger partial charge in [0.25, 0.3) is 5.89 Å². The Hall–Kier alpha value is -3.11. The molecule has 4 aromatic rings. The topological polar surface area (TPSA) is 108 Å². The van der Waals surface area contributed by atoms with E-state index in [1.807, 2.05) is 49.4 Å². The standard InChI is InChI=1S/C22H21N5O3S/c1-15-20(22-26-25-21(30-22)17-6-3-2-4-7-17)24-19(14-23-15)16-8-10-18(11-9-16)31(28,29)27-12-5-13-27/h2-4,6-11,14,28-29H,5,12-13H2,1H3. The van der Waals surface area contributed by atoms with Gasteiger partial charge in [-0.1, -0.05) is 30.3 Å². The minimum absolute atomic E-state index is 0.300. The summed E-state index contributed by atoms with van der Waals surface area (Å²) in [7, 11) is -2.92. The van der Waals surface area contributed by atoms with Crippen LogP contribution in [0.5, 0.6) is 0 Å². The lowest BCUT2D eigenvalue weighted by molar-refractivity contribution is 0.270. The van der Waals surface area contributed by atoms with E-state index in [-0.39, 0.29) is 0 Å². The molecule has 1 saturated heterocycles. The minimum Gasteiger partial charge on any atom is -0.415 e. The Kier molecular flexibility index (Phi) is 5.03. The molecule has 158 valence electrons. The summed E-state index contributed by atoms with van der Waals surface area (Å²) in [6.45, 7) is 3.24. The molecule has 2 aromatic carbocycles. The van der Waals surface area contributed by atoms with E-state index >= 15 is 0 Å². The third-order valence-corrected chi connectivity index (χ3v) is 7.23. The summed E-state index contributed by atoms with van der Waals surface area (Å²) in [5, 5.41) is 8.29. The van der Waals surface area contributed by atoms with Gasteiger partial charge in [-0.3, -0.25) is 14.1 Å². The molecule has 2 aromatic heterocycles. The van der Waals surface area contributed by atoms with Crippen LogP contribution in [0, 0.1) is 6.92 Å². The first-order valence-corrected chi connectivity index (χ1v) is 11.4. The SMILES string of the molecule is Cc1ncc(-c2ccc(S(O)(O)N3CCC3)cc2)nc1-c1nnc(-c2ccccc2)o1. The summed E-state index contributed by atoms with van der Waals surface area (Å²) in [4.78, 5) is 9.63. The summed E-state index contributed by atoms with van der Waals surface area (Å²) >= 11 is 0. The van der Waals surface area contributed by atoms with Crippen LogP contribution in [0.1, 0.15) is 12.1 Å². The second-order valence-electron chi connectivity index (χ2n) is 7.29. The number of rotatable bonds is 5. The Morgan fingerprint density at radius 1 is 0.903 bits per heavy atom. The Morgan fingerprint density at radius 3 is 2.29 bits per heavy atom. The van der Waals surface area contributed by atoms with Crippen LogP contribution >= 0.6 is 10.8 Å². The van der Waals surface area contributed by atoms with Crippen LogP contribution in [0.15, 0.2) is 70.1 Å². The zero-order valence-electron chi connectivity index (χ0n) is 16.8. The quantitative estimate of drug-likeness (QED) is 0.456. The maximum Gasteiger partial charge on any atom is 0.268 e. The van der Waals surface area contributed by atoms with Gasteiger partial charge in [0, 0.05) is 24.2 Å². The molecule has 0 aliphatic carbocycles. The lowest BCUT2D eigenvalue weighted by Crippen LogP contribution is -2.39. The zero-order valence-corrected chi connectivity index (χ0v) is 17.7. The smallest absolute Gasteiger partial charge is 0.268 e. The second-order valence-corrected chi connectivity index (χ2v) is 9.32. The first kappa shape index (κ1) is 19.8. The molecule has 3 heterocycles. The van der Waals surface area contributed by atoms with E-state index < -0.39 is 10.8 Å². The highest BCUT2D eigenvalue weighted by atomic mass is 32.3. The highest BCUT2D eigenvalue weighted by Gasteiger charge is 2.29. The molecular formula is C22H21N5O3S. The Morgan fingerprint density at radius 2 is 1.61 bits per heavy atom. The Labute approximate surface area is 181 Å². The summed E-state index contributed by atoms with van der Waals surface area (Å²) < 4.78 is 28.5. The molecule has 31 heavy (non-hydrogen) atoms. The summed E-state index contributed by atoms with van der Waals surface area (Å²) in [6, 6.07) is 16.6. The van der Waals surface area contributed by atoms with E-state index in [9.17, 15) is 9.11 Å². The molecule has 0 spiro atoms. The van der Waals surface area contributed by atoms with Crippen LogP contribution in [0.3, 0.4) is 0 Å². The average Bonchev–Trinajstić information content (AvgIpc) is 3.23. The zero-order chi connectivity index (χ0) is 21.4. The van der Waals surface area contributed by atoms with Gasteiger partial charge in [0.1, 0.15) is 5.69 Å². The molecule has 0 radical (unpaired) electrons. The normalized spacial score (nSPS) is 14.9. The molecular weight excluding hydrogens is 414 g/mol. The second kappa shape index (κ2) is 7.86. The van der Waals surface area contributed by atoms with Gasteiger partial charge in [0.15, 0.2) is 0 Å². The molecule has 0 amide bonds. The van der Waals surface area contributed by atoms with Crippen molar-refractivity contribution in [3.05, 3.63) is 66.5 Å². The predicted molar refractivity (Wildman–Crippen MR) is 118 cm³/mol. The molecule has 1 fully saturated rings. The molecule has 0 saturated carbocycles. The summed E-state index contributed by atoms with van der Waals surface area (Å²) in [6.07, 6.45) is 2.66. The molecule has 0 bridgehead atoms. The largest absolute Gasteiger partial charge is 0.415 e. The van der Waals surface area contributed by atoms with Crippen LogP contribution in [-0.4, -0.2) is 46.7 Å². The Bertz CT molecular complexity index is 1210. The molecule has 0 unspecified atom stereocenters. The fraction of sp³-hybridized carbons (Fsp3) is 0.182. The van der Waals surface area contributed by atoms with Gasteiger partial charge in [-0.15, -0.1) is 21.0 Å². The van der Waals surface area contributed by atoms with Crippen LogP contribution < -0.4 is 0 Å². The van der Waals surface area contributed by atoms with Crippen molar-refractivity contribution in [1.29, 1.82) is 0 Å². The van der Waals surface area contributed by atoms with Gasteiger partial charge in [0.05, 0.1) is 22.5 Å². The molecule has 9 heteroatoms. The number of hydrogen-bond acceptors (Lipinski definition) is 8. The van der Waals surface area contributed by atoms with Crippen molar-refractivity contribution < 1.29 is 13.5 Å². The van der Waals surface area contributed by atoms with E-state index in [1.165, 1.54) is 0 Å². The van der Waals surface area contributed by atoms with Crippen molar-refractivity contribution in [3.63, 3.8) is 0 Å². The number of hydrogen-bond donors (Lipinski definition) is 2. The third-order valence-electron chi connectivity index (χ3n) is 5.25. The van der Waals surface area contributed by atoms with Gasteiger partial charge >= 0.3 is 0 Å². The van der Waals surface area contributed by atoms with Gasteiger partial charge in [-0.25, -0.2) is 9.29 Å². The highest BCUT2D eigenvalue weighted by molar-refractivity contribution is 8.22. The van der Waals surface area contributed by atoms with Crippen molar-refractivity contribution >= 4 is 10.8 Å². The number of aromatic nitrogens is 4. The fourth-order valence-electron chi connectivity index (χ4n) is 3.31. The fourth-order valence-corrected chi connectivity index (χ4v) is 4.87. The monoisotopic (exact) mass is 435 g/mol. The van der Waals surface area contributed by atoms with Crippen molar-refractivity contribution in [2.75, 3.05) is 13.1 Å². The van der Waals surface area contributed by atoms with Crippen molar-refractivity contribution in [2.45, 2.75) is 18.2 Å². The van der Waals surface area contributed by atoms with E-state index in [0.29, 0.717) is 46.8 Å². The van der Waals surface area contributed by atoms with Crippen LogP contribution in [0.2, 0.25) is 0 Å². The predicted octanol–water partition coefficient (Wildman–Crippen LogP) is 4.90. The summed E-state index contributed by atoms with van der Waals surface area (Å²) in [5.74, 6) is 0.719. The van der Waals surface area contributed by atoms with E-state index in [0.717, 1.165) is 17.5 Å². The van der Waals surface area contributed by atoms with Crippen LogP contribution in [0.4, 0.5) is 0 Å². The Balaban J connectivity index is 1.44. The average molecular weight is 436 g/mol. The lowest BCUT2D eigenvalue weighted by atomic mass is 10.1. The maximum absolute atomic E-state index is 10.5. The van der Waals surface area contributed by atoms with Gasteiger partial charge in [-0.2, -0.15) is 0 Å². The molecule has 1 aliphatic heterocycles. The lowest BCUT2D eigenvalue weighted by Gasteiger charge is -2.47. The number of aryl methyl sites for hydroxylation is 1. The van der Waals surface area contributed by atoms with Crippen molar-refractivity contribution in [1.82, 2.24) is 24.5 Å². The molecule has 5 rings (SSSR count). The third kappa shape index (κ3) is 3.72. The summed E-state index contributed by atoms with van der Waals surface area (Å²) in [5.41, 5.74) is 3.46. The van der Waals surface area contributed by atoms with Crippen LogP contribution in [-0.2, 0) is 0 Å². The number of benzene rings is 2. The molecule has 1 aliphatic rings. The van der Waals surface area contributed by atoms with Crippen LogP contribution in [0.25, 0.3) is 34.3 Å². The van der Waals surface area contributed by atoms with E-state index in [4.69, 9.17) is 4.42 Å². The minimum atomic E-state index is -2.92. The molecule has 2 N–H and O–H groups in total. The van der Waals surface area contributed by atoms with Crippen molar-refractivity contribution in [2.24, 2.45) is 0 Å². The van der Waals surface area contributed by atoms with Gasteiger partial charge in [-0.05, 0) is 37.6 Å². The van der Waals surface area contributed by atoms with E-state index in [1.54, 1.807) is 22.6 Å².